The maximum Gasteiger partial charge on any atom is 0.115 e. The van der Waals surface area contributed by atoms with Crippen molar-refractivity contribution in [3.63, 3.8) is 0 Å². The predicted octanol–water partition coefficient (Wildman–Crippen LogP) is 3.87. The Hall–Kier alpha value is -0.800. The smallest absolute Gasteiger partial charge is 0.115 e. The van der Waals surface area contributed by atoms with Crippen LogP contribution < -0.4 is 0 Å². The molecule has 1 saturated carbocycles. The summed E-state index contributed by atoms with van der Waals surface area (Å²) in [6.45, 7) is 6.02. The summed E-state index contributed by atoms with van der Waals surface area (Å²) in [7, 11) is 0. The van der Waals surface area contributed by atoms with E-state index in [1.807, 2.05) is 20.8 Å². The van der Waals surface area contributed by atoms with Gasteiger partial charge in [-0.3, -0.25) is 0 Å². The summed E-state index contributed by atoms with van der Waals surface area (Å²) < 4.78 is 0. The minimum Gasteiger partial charge on any atom is -0.508 e. The molecular formula is C18H30O3. The molecule has 2 unspecified atom stereocenters. The van der Waals surface area contributed by atoms with Crippen LogP contribution in [0.4, 0.5) is 0 Å². The summed E-state index contributed by atoms with van der Waals surface area (Å²) in [6, 6.07) is 0. The largest absolute Gasteiger partial charge is 0.508 e. The van der Waals surface area contributed by atoms with E-state index in [0.717, 1.165) is 31.3 Å². The molecule has 0 saturated heterocycles. The van der Waals surface area contributed by atoms with Gasteiger partial charge in [0.25, 0.3) is 0 Å². The lowest BCUT2D eigenvalue weighted by Gasteiger charge is -2.39. The van der Waals surface area contributed by atoms with Gasteiger partial charge < -0.3 is 15.3 Å². The Balaban J connectivity index is 2.22. The van der Waals surface area contributed by atoms with Crippen molar-refractivity contribution in [1.82, 2.24) is 0 Å². The first-order valence-electron chi connectivity index (χ1n) is 8.27. The van der Waals surface area contributed by atoms with E-state index < -0.39 is 11.7 Å². The maximum atomic E-state index is 11.0. The second-order valence-electron chi connectivity index (χ2n) is 7.79. The van der Waals surface area contributed by atoms with Gasteiger partial charge in [0.05, 0.1) is 6.10 Å². The Bertz CT molecular complexity index is 422. The van der Waals surface area contributed by atoms with Crippen LogP contribution in [0.15, 0.2) is 23.5 Å². The molecule has 2 aliphatic rings. The van der Waals surface area contributed by atoms with Crippen molar-refractivity contribution in [2.75, 3.05) is 0 Å². The van der Waals surface area contributed by atoms with Crippen molar-refractivity contribution in [3.8, 4) is 0 Å². The standard InChI is InChI=1S/C18H30O3/c1-17(2,3)14-12-18(21,11-10-15(14)19)16(20)13-8-6-4-5-7-9-13/h10,12-13,16,19-21H,4-9,11H2,1-3H3. The molecule has 1 fully saturated rings. The summed E-state index contributed by atoms with van der Waals surface area (Å²) >= 11 is 0. The Labute approximate surface area is 128 Å². The van der Waals surface area contributed by atoms with Crippen LogP contribution in [0.1, 0.15) is 65.7 Å². The molecule has 3 nitrogen and oxygen atoms in total. The molecule has 0 spiro atoms. The summed E-state index contributed by atoms with van der Waals surface area (Å²) in [5.41, 5.74) is -0.772. The lowest BCUT2D eigenvalue weighted by atomic mass is 9.73. The summed E-state index contributed by atoms with van der Waals surface area (Å²) in [5.74, 6) is 0.392. The summed E-state index contributed by atoms with van der Waals surface area (Å²) in [5, 5.41) is 31.8. The van der Waals surface area contributed by atoms with E-state index in [-0.39, 0.29) is 23.5 Å². The van der Waals surface area contributed by atoms with Crippen molar-refractivity contribution in [1.29, 1.82) is 0 Å². The number of hydrogen-bond donors (Lipinski definition) is 3. The number of hydrogen-bond acceptors (Lipinski definition) is 3. The molecule has 0 bridgehead atoms. The molecule has 3 N–H and O–H groups in total. The maximum absolute atomic E-state index is 11.0. The third kappa shape index (κ3) is 3.70. The van der Waals surface area contributed by atoms with Crippen molar-refractivity contribution in [3.05, 3.63) is 23.5 Å². The second kappa shape index (κ2) is 6.13. The second-order valence-corrected chi connectivity index (χ2v) is 7.79. The zero-order valence-electron chi connectivity index (χ0n) is 13.6. The molecule has 21 heavy (non-hydrogen) atoms. The predicted molar refractivity (Wildman–Crippen MR) is 85.0 cm³/mol. The highest BCUT2D eigenvalue weighted by atomic mass is 16.3. The van der Waals surface area contributed by atoms with Crippen LogP contribution in [0, 0.1) is 11.3 Å². The lowest BCUT2D eigenvalue weighted by Crippen LogP contribution is -2.46. The zero-order chi connectivity index (χ0) is 15.7. The van der Waals surface area contributed by atoms with Crippen molar-refractivity contribution < 1.29 is 15.3 Å². The topological polar surface area (TPSA) is 60.7 Å². The molecule has 0 aromatic rings. The van der Waals surface area contributed by atoms with Crippen LogP contribution in [-0.2, 0) is 0 Å². The van der Waals surface area contributed by atoms with Crippen LogP contribution in [-0.4, -0.2) is 27.0 Å². The Morgan fingerprint density at radius 3 is 2.24 bits per heavy atom. The molecule has 2 atom stereocenters. The first-order valence-corrected chi connectivity index (χ1v) is 8.27. The third-order valence-electron chi connectivity index (χ3n) is 4.96. The lowest BCUT2D eigenvalue weighted by molar-refractivity contribution is -0.0726. The van der Waals surface area contributed by atoms with E-state index in [2.05, 4.69) is 0 Å². The van der Waals surface area contributed by atoms with Crippen LogP contribution in [0.25, 0.3) is 0 Å². The summed E-state index contributed by atoms with van der Waals surface area (Å²) in [4.78, 5) is 0. The normalized spacial score (nSPS) is 30.3. The molecule has 3 heteroatoms. The van der Waals surface area contributed by atoms with Gasteiger partial charge in [0, 0.05) is 6.42 Å². The molecule has 0 amide bonds. The zero-order valence-corrected chi connectivity index (χ0v) is 13.6. The van der Waals surface area contributed by atoms with Crippen LogP contribution in [0.2, 0.25) is 0 Å². The monoisotopic (exact) mass is 294 g/mol. The first kappa shape index (κ1) is 16.6. The van der Waals surface area contributed by atoms with Gasteiger partial charge in [-0.05, 0) is 41.9 Å². The average Bonchev–Trinajstić information content (AvgIpc) is 2.68. The fourth-order valence-corrected chi connectivity index (χ4v) is 3.59. The van der Waals surface area contributed by atoms with E-state index in [0.29, 0.717) is 0 Å². The van der Waals surface area contributed by atoms with Gasteiger partial charge >= 0.3 is 0 Å². The van der Waals surface area contributed by atoms with E-state index in [9.17, 15) is 15.3 Å². The average molecular weight is 294 g/mol. The molecule has 0 radical (unpaired) electrons. The van der Waals surface area contributed by atoms with Crippen LogP contribution >= 0.6 is 0 Å². The van der Waals surface area contributed by atoms with Crippen molar-refractivity contribution in [2.45, 2.75) is 77.4 Å². The number of aliphatic hydroxyl groups excluding tert-OH is 2. The highest BCUT2D eigenvalue weighted by Gasteiger charge is 2.41. The molecule has 0 aromatic heterocycles. The summed E-state index contributed by atoms with van der Waals surface area (Å²) in [6.07, 6.45) is 9.59. The van der Waals surface area contributed by atoms with E-state index in [1.165, 1.54) is 12.8 Å². The Morgan fingerprint density at radius 1 is 1.14 bits per heavy atom. The third-order valence-corrected chi connectivity index (χ3v) is 4.96. The Kier molecular flexibility index (Phi) is 4.84. The van der Waals surface area contributed by atoms with Gasteiger partial charge in [0.2, 0.25) is 0 Å². The molecule has 0 aliphatic heterocycles. The van der Waals surface area contributed by atoms with Gasteiger partial charge in [0.15, 0.2) is 0 Å². The minimum absolute atomic E-state index is 0.156. The molecule has 2 rings (SSSR count). The Morgan fingerprint density at radius 2 is 1.71 bits per heavy atom. The molecule has 0 heterocycles. The number of aliphatic hydroxyl groups is 3. The molecule has 2 aliphatic carbocycles. The first-order chi connectivity index (χ1) is 9.74. The van der Waals surface area contributed by atoms with Crippen LogP contribution in [0.3, 0.4) is 0 Å². The van der Waals surface area contributed by atoms with Crippen molar-refractivity contribution >= 4 is 0 Å². The molecular weight excluding hydrogens is 264 g/mol. The van der Waals surface area contributed by atoms with Gasteiger partial charge in [-0.2, -0.15) is 0 Å². The highest BCUT2D eigenvalue weighted by molar-refractivity contribution is 5.37. The quantitative estimate of drug-likeness (QED) is 0.678. The fourth-order valence-electron chi connectivity index (χ4n) is 3.59. The van der Waals surface area contributed by atoms with Gasteiger partial charge in [-0.25, -0.2) is 0 Å². The number of rotatable bonds is 2. The SMILES string of the molecule is CC(C)(C)C1=CC(O)(C(O)C2CCCCCC2)CC=C1O. The minimum atomic E-state index is -1.25. The molecule has 120 valence electrons. The number of allylic oxidation sites excluding steroid dienone is 1. The highest BCUT2D eigenvalue weighted by Crippen LogP contribution is 2.40. The van der Waals surface area contributed by atoms with Gasteiger partial charge in [0.1, 0.15) is 11.4 Å². The van der Waals surface area contributed by atoms with Crippen molar-refractivity contribution in [2.24, 2.45) is 11.3 Å². The van der Waals surface area contributed by atoms with Gasteiger partial charge in [-0.1, -0.05) is 46.5 Å². The van der Waals surface area contributed by atoms with E-state index in [1.54, 1.807) is 12.2 Å². The van der Waals surface area contributed by atoms with E-state index >= 15 is 0 Å². The molecule has 0 aromatic carbocycles. The van der Waals surface area contributed by atoms with E-state index in [4.69, 9.17) is 0 Å². The van der Waals surface area contributed by atoms with Gasteiger partial charge in [-0.15, -0.1) is 0 Å². The van der Waals surface area contributed by atoms with Crippen LogP contribution in [0.5, 0.6) is 0 Å². The fraction of sp³-hybridized carbons (Fsp3) is 0.778.